The summed E-state index contributed by atoms with van der Waals surface area (Å²) in [5, 5.41) is 8.74. The van der Waals surface area contributed by atoms with Crippen LogP contribution in [0.25, 0.3) is 0 Å². The van der Waals surface area contributed by atoms with E-state index in [9.17, 15) is 13.2 Å². The third-order valence-corrected chi connectivity index (χ3v) is 3.91. The van der Waals surface area contributed by atoms with Gasteiger partial charge in [-0.1, -0.05) is 17.7 Å². The summed E-state index contributed by atoms with van der Waals surface area (Å²) in [6.45, 7) is 1.49. The number of carboxylic acid groups (broad SMARTS) is 1. The van der Waals surface area contributed by atoms with Crippen molar-refractivity contribution in [3.05, 3.63) is 28.8 Å². The summed E-state index contributed by atoms with van der Waals surface area (Å²) in [7, 11) is -3.71. The first-order valence-electron chi connectivity index (χ1n) is 4.80. The molecule has 94 valence electrons. The fourth-order valence-electron chi connectivity index (χ4n) is 1.23. The van der Waals surface area contributed by atoms with Gasteiger partial charge >= 0.3 is 5.97 Å². The van der Waals surface area contributed by atoms with E-state index in [1.54, 1.807) is 19.1 Å². The number of aryl methyl sites for hydroxylation is 1. The molecule has 0 radical (unpaired) electrons. The lowest BCUT2D eigenvalue weighted by atomic mass is 10.2. The van der Waals surface area contributed by atoms with Gasteiger partial charge in [0.1, 0.15) is 0 Å². The van der Waals surface area contributed by atoms with Gasteiger partial charge in [0.15, 0.2) is 0 Å². The number of sulfonamides is 1. The summed E-state index contributed by atoms with van der Waals surface area (Å²) in [6, 6.07) is 4.52. The molecule has 0 aliphatic carbocycles. The van der Waals surface area contributed by atoms with Crippen LogP contribution in [0, 0.1) is 6.92 Å². The fraction of sp³-hybridized carbons (Fsp3) is 0.300. The minimum absolute atomic E-state index is 0.0652. The summed E-state index contributed by atoms with van der Waals surface area (Å²) in [5.41, 5.74) is 0.553. The summed E-state index contributed by atoms with van der Waals surface area (Å²) in [6.07, 6.45) is -0.265. The van der Waals surface area contributed by atoms with Gasteiger partial charge < -0.3 is 5.11 Å². The smallest absolute Gasteiger partial charge is 0.304 e. The molecule has 7 heteroatoms. The minimum Gasteiger partial charge on any atom is -0.481 e. The Balaban J connectivity index is 2.89. The van der Waals surface area contributed by atoms with Crippen molar-refractivity contribution in [2.45, 2.75) is 18.2 Å². The van der Waals surface area contributed by atoms with E-state index >= 15 is 0 Å². The quantitative estimate of drug-likeness (QED) is 0.852. The van der Waals surface area contributed by atoms with E-state index in [1.165, 1.54) is 6.07 Å². The van der Waals surface area contributed by atoms with Crippen LogP contribution in [-0.4, -0.2) is 26.0 Å². The standard InChI is InChI=1S/C10H12ClNO4S/c1-7-2-3-8(11)6-9(7)17(15,16)12-5-4-10(13)14/h2-3,6,12H,4-5H2,1H3,(H,13,14). The van der Waals surface area contributed by atoms with Gasteiger partial charge in [0, 0.05) is 11.6 Å². The number of rotatable bonds is 5. The van der Waals surface area contributed by atoms with E-state index in [1.807, 2.05) is 0 Å². The summed E-state index contributed by atoms with van der Waals surface area (Å²) in [4.78, 5) is 10.4. The van der Waals surface area contributed by atoms with Gasteiger partial charge in [-0.05, 0) is 24.6 Å². The van der Waals surface area contributed by atoms with Crippen molar-refractivity contribution in [3.8, 4) is 0 Å². The molecule has 2 N–H and O–H groups in total. The molecule has 1 aromatic rings. The Morgan fingerprint density at radius 2 is 2.12 bits per heavy atom. The summed E-state index contributed by atoms with van der Waals surface area (Å²) >= 11 is 5.72. The maximum atomic E-state index is 11.8. The molecule has 1 aromatic carbocycles. The molecule has 0 aromatic heterocycles. The van der Waals surface area contributed by atoms with Gasteiger partial charge in [-0.2, -0.15) is 0 Å². The molecule has 0 saturated heterocycles. The van der Waals surface area contributed by atoms with Crippen LogP contribution in [0.3, 0.4) is 0 Å². The Morgan fingerprint density at radius 1 is 1.47 bits per heavy atom. The van der Waals surface area contributed by atoms with Crippen LogP contribution >= 0.6 is 11.6 Å². The topological polar surface area (TPSA) is 83.5 Å². The van der Waals surface area contributed by atoms with Gasteiger partial charge in [-0.25, -0.2) is 13.1 Å². The highest BCUT2D eigenvalue weighted by molar-refractivity contribution is 7.89. The maximum absolute atomic E-state index is 11.8. The molecule has 17 heavy (non-hydrogen) atoms. The highest BCUT2D eigenvalue weighted by Gasteiger charge is 2.16. The molecule has 0 bridgehead atoms. The zero-order chi connectivity index (χ0) is 13.1. The van der Waals surface area contributed by atoms with E-state index in [0.717, 1.165) is 0 Å². The van der Waals surface area contributed by atoms with Gasteiger partial charge in [-0.3, -0.25) is 4.79 Å². The summed E-state index contributed by atoms with van der Waals surface area (Å²) < 4.78 is 25.9. The SMILES string of the molecule is Cc1ccc(Cl)cc1S(=O)(=O)NCCC(=O)O. The number of halogens is 1. The van der Waals surface area contributed by atoms with Crippen molar-refractivity contribution in [2.75, 3.05) is 6.54 Å². The van der Waals surface area contributed by atoms with Crippen LogP contribution in [0.2, 0.25) is 5.02 Å². The third-order valence-electron chi connectivity index (χ3n) is 2.07. The Morgan fingerprint density at radius 3 is 2.71 bits per heavy atom. The van der Waals surface area contributed by atoms with Gasteiger partial charge in [0.25, 0.3) is 0 Å². The zero-order valence-electron chi connectivity index (χ0n) is 9.10. The highest BCUT2D eigenvalue weighted by atomic mass is 35.5. The number of nitrogens with one attached hydrogen (secondary N) is 1. The second kappa shape index (κ2) is 5.48. The Kier molecular flexibility index (Phi) is 4.50. The Labute approximate surface area is 104 Å². The number of carboxylic acids is 1. The molecule has 0 aliphatic heterocycles. The zero-order valence-corrected chi connectivity index (χ0v) is 10.7. The largest absolute Gasteiger partial charge is 0.481 e. The average Bonchev–Trinajstić information content (AvgIpc) is 2.20. The molecule has 0 amide bonds. The van der Waals surface area contributed by atoms with Crippen LogP contribution in [0.1, 0.15) is 12.0 Å². The first-order chi connectivity index (χ1) is 7.83. The Bertz CT molecular complexity index is 527. The van der Waals surface area contributed by atoms with Gasteiger partial charge in [0.2, 0.25) is 10.0 Å². The molecular weight excluding hydrogens is 266 g/mol. The molecule has 0 unspecified atom stereocenters. The predicted molar refractivity (Wildman–Crippen MR) is 63.6 cm³/mol. The molecule has 0 fully saturated rings. The average molecular weight is 278 g/mol. The van der Waals surface area contributed by atoms with Crippen LogP contribution in [0.15, 0.2) is 23.1 Å². The van der Waals surface area contributed by atoms with Crippen molar-refractivity contribution in [1.82, 2.24) is 4.72 Å². The molecule has 1 rings (SSSR count). The molecule has 0 heterocycles. The van der Waals surface area contributed by atoms with Crippen molar-refractivity contribution in [2.24, 2.45) is 0 Å². The van der Waals surface area contributed by atoms with Crippen molar-refractivity contribution in [3.63, 3.8) is 0 Å². The van der Waals surface area contributed by atoms with Crippen LogP contribution in [0.5, 0.6) is 0 Å². The van der Waals surface area contributed by atoms with E-state index < -0.39 is 16.0 Å². The van der Waals surface area contributed by atoms with Crippen LogP contribution in [0.4, 0.5) is 0 Å². The molecule has 0 spiro atoms. The lowest BCUT2D eigenvalue weighted by molar-refractivity contribution is -0.136. The highest BCUT2D eigenvalue weighted by Crippen LogP contribution is 2.19. The second-order valence-electron chi connectivity index (χ2n) is 3.45. The molecule has 0 aliphatic rings. The van der Waals surface area contributed by atoms with Crippen molar-refractivity contribution in [1.29, 1.82) is 0 Å². The number of hydrogen-bond acceptors (Lipinski definition) is 3. The lowest BCUT2D eigenvalue weighted by Gasteiger charge is -2.08. The Hall–Kier alpha value is -1.11. The molecule has 0 saturated carbocycles. The van der Waals surface area contributed by atoms with Gasteiger partial charge in [-0.15, -0.1) is 0 Å². The van der Waals surface area contributed by atoms with E-state index in [4.69, 9.17) is 16.7 Å². The normalized spacial score (nSPS) is 11.4. The summed E-state index contributed by atoms with van der Waals surface area (Å²) in [5.74, 6) is -1.06. The fourth-order valence-corrected chi connectivity index (χ4v) is 2.77. The van der Waals surface area contributed by atoms with Crippen molar-refractivity contribution >= 4 is 27.6 Å². The van der Waals surface area contributed by atoms with E-state index in [-0.39, 0.29) is 17.9 Å². The van der Waals surface area contributed by atoms with Crippen LogP contribution in [-0.2, 0) is 14.8 Å². The first-order valence-corrected chi connectivity index (χ1v) is 6.66. The number of hydrogen-bond donors (Lipinski definition) is 2. The van der Waals surface area contributed by atoms with Crippen molar-refractivity contribution < 1.29 is 18.3 Å². The monoisotopic (exact) mass is 277 g/mol. The number of carbonyl (C=O) groups is 1. The first kappa shape index (κ1) is 14.0. The molecular formula is C10H12ClNO4S. The number of aliphatic carboxylic acids is 1. The predicted octanol–water partition coefficient (Wildman–Crippen LogP) is 1.40. The lowest BCUT2D eigenvalue weighted by Crippen LogP contribution is -2.26. The second-order valence-corrected chi connectivity index (χ2v) is 5.62. The third kappa shape index (κ3) is 3.99. The van der Waals surface area contributed by atoms with E-state index in [0.29, 0.717) is 10.6 Å². The molecule has 5 nitrogen and oxygen atoms in total. The number of benzene rings is 1. The maximum Gasteiger partial charge on any atom is 0.304 e. The molecule has 0 atom stereocenters. The van der Waals surface area contributed by atoms with E-state index in [2.05, 4.69) is 4.72 Å². The van der Waals surface area contributed by atoms with Gasteiger partial charge in [0.05, 0.1) is 11.3 Å². The minimum atomic E-state index is -3.71. The van der Waals surface area contributed by atoms with Crippen LogP contribution < -0.4 is 4.72 Å².